The molecule has 1 aromatic rings. The zero-order chi connectivity index (χ0) is 8.43. The lowest BCUT2D eigenvalue weighted by Crippen LogP contribution is -1.92. The summed E-state index contributed by atoms with van der Waals surface area (Å²) in [5.41, 5.74) is 8.66. The minimum absolute atomic E-state index is 0.764. The molecule has 0 heterocycles. The van der Waals surface area contributed by atoms with Crippen LogP contribution >= 0.6 is 15.9 Å². The lowest BCUT2D eigenvalue weighted by molar-refractivity contribution is 1.42. The van der Waals surface area contributed by atoms with Gasteiger partial charge < -0.3 is 5.73 Å². The van der Waals surface area contributed by atoms with E-state index < -0.39 is 0 Å². The van der Waals surface area contributed by atoms with E-state index in [0.717, 1.165) is 21.3 Å². The first-order valence-electron chi connectivity index (χ1n) is 3.34. The first-order chi connectivity index (χ1) is 5.16. The van der Waals surface area contributed by atoms with Gasteiger partial charge in [-0.1, -0.05) is 24.8 Å². The highest BCUT2D eigenvalue weighted by molar-refractivity contribution is 9.10. The fourth-order valence-corrected chi connectivity index (χ4v) is 1.26. The molecule has 1 aromatic carbocycles. The third-order valence-electron chi connectivity index (χ3n) is 1.63. The van der Waals surface area contributed by atoms with Crippen LogP contribution < -0.4 is 5.73 Å². The van der Waals surface area contributed by atoms with Crippen LogP contribution in [0.25, 0.3) is 6.08 Å². The van der Waals surface area contributed by atoms with Crippen LogP contribution in [0.5, 0.6) is 0 Å². The quantitative estimate of drug-likeness (QED) is 0.711. The van der Waals surface area contributed by atoms with E-state index in [1.165, 1.54) is 0 Å². The molecule has 0 unspecified atom stereocenters. The van der Waals surface area contributed by atoms with Crippen molar-refractivity contribution in [2.24, 2.45) is 0 Å². The molecule has 0 saturated carbocycles. The highest BCUT2D eigenvalue weighted by atomic mass is 79.9. The molecule has 0 aromatic heterocycles. The van der Waals surface area contributed by atoms with Gasteiger partial charge in [-0.3, -0.25) is 0 Å². The van der Waals surface area contributed by atoms with Crippen LogP contribution in [0, 0.1) is 6.92 Å². The Morgan fingerprint density at radius 2 is 2.18 bits per heavy atom. The molecule has 1 rings (SSSR count). The molecule has 0 aliphatic carbocycles. The van der Waals surface area contributed by atoms with Crippen LogP contribution in [-0.4, -0.2) is 0 Å². The molecule has 0 aliphatic rings. The molecular formula is C9H10BrN. The molecule has 0 bridgehead atoms. The Bertz CT molecular complexity index is 292. The zero-order valence-electron chi connectivity index (χ0n) is 6.39. The van der Waals surface area contributed by atoms with Crippen molar-refractivity contribution in [1.82, 2.24) is 0 Å². The minimum atomic E-state index is 0.764. The second-order valence-electron chi connectivity index (χ2n) is 2.40. The van der Waals surface area contributed by atoms with E-state index in [4.69, 9.17) is 5.73 Å². The molecule has 2 heteroatoms. The number of hydrogen-bond donors (Lipinski definition) is 1. The number of anilines is 1. The van der Waals surface area contributed by atoms with Crippen molar-refractivity contribution in [2.45, 2.75) is 6.92 Å². The number of nitrogen functional groups attached to an aromatic ring is 1. The van der Waals surface area contributed by atoms with E-state index in [9.17, 15) is 0 Å². The maximum Gasteiger partial charge on any atom is 0.0534 e. The van der Waals surface area contributed by atoms with E-state index in [2.05, 4.69) is 22.5 Å². The summed E-state index contributed by atoms with van der Waals surface area (Å²) in [6, 6.07) is 3.97. The molecule has 0 fully saturated rings. The van der Waals surface area contributed by atoms with Crippen LogP contribution in [0.1, 0.15) is 11.1 Å². The van der Waals surface area contributed by atoms with E-state index in [0.29, 0.717) is 0 Å². The van der Waals surface area contributed by atoms with Crippen LogP contribution in [-0.2, 0) is 0 Å². The van der Waals surface area contributed by atoms with E-state index in [1.54, 1.807) is 6.08 Å². The lowest BCUT2D eigenvalue weighted by atomic mass is 10.1. The second kappa shape index (κ2) is 3.09. The number of rotatable bonds is 1. The molecule has 0 amide bonds. The Morgan fingerprint density at radius 3 is 2.73 bits per heavy atom. The van der Waals surface area contributed by atoms with Crippen molar-refractivity contribution in [3.63, 3.8) is 0 Å². The number of nitrogens with two attached hydrogens (primary N) is 1. The van der Waals surface area contributed by atoms with Gasteiger partial charge in [0.15, 0.2) is 0 Å². The van der Waals surface area contributed by atoms with Crippen molar-refractivity contribution in [3.05, 3.63) is 34.3 Å². The summed E-state index contributed by atoms with van der Waals surface area (Å²) < 4.78 is 0.968. The van der Waals surface area contributed by atoms with Gasteiger partial charge in [-0.25, -0.2) is 0 Å². The van der Waals surface area contributed by atoms with Crippen molar-refractivity contribution < 1.29 is 0 Å². The van der Waals surface area contributed by atoms with Crippen LogP contribution in [0.15, 0.2) is 23.2 Å². The summed E-state index contributed by atoms with van der Waals surface area (Å²) in [6.07, 6.45) is 1.75. The van der Waals surface area contributed by atoms with Gasteiger partial charge in [0.1, 0.15) is 0 Å². The molecule has 1 nitrogen and oxygen atoms in total. The maximum atomic E-state index is 5.78. The first-order valence-corrected chi connectivity index (χ1v) is 4.13. The van der Waals surface area contributed by atoms with Crippen molar-refractivity contribution in [2.75, 3.05) is 5.73 Å². The van der Waals surface area contributed by atoms with Crippen molar-refractivity contribution in [1.29, 1.82) is 0 Å². The maximum absolute atomic E-state index is 5.78. The Hall–Kier alpha value is -0.760. The van der Waals surface area contributed by atoms with E-state index in [-0.39, 0.29) is 0 Å². The fraction of sp³-hybridized carbons (Fsp3) is 0.111. The largest absolute Gasteiger partial charge is 0.397 e. The molecular weight excluding hydrogens is 202 g/mol. The van der Waals surface area contributed by atoms with Gasteiger partial charge in [-0.05, 0) is 34.0 Å². The molecule has 0 saturated heterocycles. The summed E-state index contributed by atoms with van der Waals surface area (Å²) in [6.45, 7) is 5.67. The average molecular weight is 212 g/mol. The Kier molecular flexibility index (Phi) is 2.35. The Balaban J connectivity index is 3.36. The topological polar surface area (TPSA) is 26.0 Å². The van der Waals surface area contributed by atoms with Gasteiger partial charge in [-0.15, -0.1) is 0 Å². The molecule has 0 spiro atoms. The Morgan fingerprint density at radius 1 is 1.55 bits per heavy atom. The summed E-state index contributed by atoms with van der Waals surface area (Å²) in [5, 5.41) is 0. The van der Waals surface area contributed by atoms with Gasteiger partial charge in [-0.2, -0.15) is 0 Å². The summed E-state index contributed by atoms with van der Waals surface area (Å²) in [4.78, 5) is 0. The SMILES string of the molecule is C=Cc1ccc(C)c(Br)c1N. The molecule has 2 N–H and O–H groups in total. The van der Waals surface area contributed by atoms with Gasteiger partial charge in [0.05, 0.1) is 5.69 Å². The minimum Gasteiger partial charge on any atom is -0.397 e. The number of benzene rings is 1. The lowest BCUT2D eigenvalue weighted by Gasteiger charge is -2.05. The van der Waals surface area contributed by atoms with Crippen molar-refractivity contribution in [3.8, 4) is 0 Å². The smallest absolute Gasteiger partial charge is 0.0534 e. The predicted molar refractivity (Wildman–Crippen MR) is 53.4 cm³/mol. The monoisotopic (exact) mass is 211 g/mol. The molecule has 0 radical (unpaired) electrons. The summed E-state index contributed by atoms with van der Waals surface area (Å²) in [5.74, 6) is 0. The first kappa shape index (κ1) is 8.34. The Labute approximate surface area is 75.0 Å². The fourth-order valence-electron chi connectivity index (χ4n) is 0.895. The second-order valence-corrected chi connectivity index (χ2v) is 3.20. The van der Waals surface area contributed by atoms with Gasteiger partial charge in [0.2, 0.25) is 0 Å². The van der Waals surface area contributed by atoms with Gasteiger partial charge in [0.25, 0.3) is 0 Å². The van der Waals surface area contributed by atoms with Gasteiger partial charge >= 0.3 is 0 Å². The third-order valence-corrected chi connectivity index (χ3v) is 2.68. The van der Waals surface area contributed by atoms with Crippen LogP contribution in [0.4, 0.5) is 5.69 Å². The summed E-state index contributed by atoms with van der Waals surface area (Å²) in [7, 11) is 0. The van der Waals surface area contributed by atoms with Crippen molar-refractivity contribution >= 4 is 27.7 Å². The number of hydrogen-bond acceptors (Lipinski definition) is 1. The van der Waals surface area contributed by atoms with E-state index in [1.807, 2.05) is 19.1 Å². The highest BCUT2D eigenvalue weighted by Crippen LogP contribution is 2.27. The van der Waals surface area contributed by atoms with Crippen LogP contribution in [0.3, 0.4) is 0 Å². The van der Waals surface area contributed by atoms with E-state index >= 15 is 0 Å². The average Bonchev–Trinajstić information content (AvgIpc) is 2.01. The van der Waals surface area contributed by atoms with Gasteiger partial charge in [0, 0.05) is 4.47 Å². The molecule has 0 aliphatic heterocycles. The zero-order valence-corrected chi connectivity index (χ0v) is 7.98. The molecule has 0 atom stereocenters. The molecule has 58 valence electrons. The normalized spacial score (nSPS) is 9.64. The standard InChI is InChI=1S/C9H10BrN/c1-3-7-5-4-6(2)8(10)9(7)11/h3-5H,1,11H2,2H3. The summed E-state index contributed by atoms with van der Waals surface area (Å²) >= 11 is 3.40. The third kappa shape index (κ3) is 1.46. The predicted octanol–water partition coefficient (Wildman–Crippen LogP) is 2.98. The highest BCUT2D eigenvalue weighted by Gasteiger charge is 2.01. The number of aryl methyl sites for hydroxylation is 1. The van der Waals surface area contributed by atoms with Crippen LogP contribution in [0.2, 0.25) is 0 Å². The molecule has 11 heavy (non-hydrogen) atoms. The number of halogens is 1.